The molecular weight excluding hydrogens is 364 g/mol. The van der Waals surface area contributed by atoms with Crippen LogP contribution in [-0.2, 0) is 57.8 Å². The molecule has 0 saturated carbocycles. The fourth-order valence-corrected chi connectivity index (χ4v) is 0. The predicted molar refractivity (Wildman–Crippen MR) is 45.3 cm³/mol. The van der Waals surface area contributed by atoms with Crippen LogP contribution >= 0.6 is 0 Å². The molecule has 0 aromatic carbocycles. The van der Waals surface area contributed by atoms with Gasteiger partial charge in [-0.2, -0.15) is 0 Å². The first-order valence-electron chi connectivity index (χ1n) is 2.14. The van der Waals surface area contributed by atoms with Crippen molar-refractivity contribution < 1.29 is 109 Å². The number of hydrogen-bond donors (Lipinski definition) is 0. The summed E-state index contributed by atoms with van der Waals surface area (Å²) in [6.45, 7) is 0. The summed E-state index contributed by atoms with van der Waals surface area (Å²) in [5.41, 5.74) is 0. The van der Waals surface area contributed by atoms with Gasteiger partial charge in [0.05, 0.1) is 0 Å². The Morgan fingerprint density at radius 1 is 0.500 bits per heavy atom. The molecule has 0 rings (SSSR count). The number of hydrogen-bond acceptors (Lipinski definition) is 5. The Kier molecular flexibility index (Phi) is 564. The molecule has 0 aliphatic rings. The number of isocyanates is 5. The topological polar surface area (TPSA) is 197 Å². The molecule has 0 spiro atoms. The molecule has 0 aliphatic carbocycles. The monoisotopic (exact) mass is 364 g/mol. The Morgan fingerprint density at radius 2 is 0.500 bits per heavy atom. The largest absolute Gasteiger partial charge is 2.00 e. The minimum Gasteiger partial charge on any atom is -0.724 e. The summed E-state index contributed by atoms with van der Waals surface area (Å²) in [6.07, 6.45) is 2.50. The van der Waals surface area contributed by atoms with Crippen molar-refractivity contribution >= 4 is 30.4 Å². The van der Waals surface area contributed by atoms with Crippen LogP contribution in [0.25, 0.3) is 27.0 Å². The minimum atomic E-state index is 0. The summed E-state index contributed by atoms with van der Waals surface area (Å²) in [6, 6.07) is 0. The normalized spacial score (nSPS) is 2.22. The van der Waals surface area contributed by atoms with Gasteiger partial charge in [0.25, 0.3) is 0 Å². The van der Waals surface area contributed by atoms with Crippen LogP contribution in [0.2, 0.25) is 0 Å². The van der Waals surface area contributed by atoms with Gasteiger partial charge in [0.2, 0.25) is 0 Å². The molecule has 0 aromatic rings. The maximum atomic E-state index is 8.24. The van der Waals surface area contributed by atoms with Gasteiger partial charge in [0.1, 0.15) is 0 Å². The van der Waals surface area contributed by atoms with Gasteiger partial charge < -0.3 is 27.0 Å². The molecule has 0 heterocycles. The van der Waals surface area contributed by atoms with Crippen molar-refractivity contribution in [3.63, 3.8) is 0 Å². The average Bonchev–Trinajstić information content (AvgIpc) is 2.09. The zero-order chi connectivity index (χ0) is 13.5. The van der Waals surface area contributed by atoms with E-state index in [4.69, 9.17) is 51.0 Å². The summed E-state index contributed by atoms with van der Waals surface area (Å²) in [7, 11) is 0. The van der Waals surface area contributed by atoms with Crippen LogP contribution in [0.3, 0.4) is 0 Å². The van der Waals surface area contributed by atoms with Crippen LogP contribution in [0.15, 0.2) is 0 Å². The maximum absolute atomic E-state index is 8.24. The Morgan fingerprint density at radius 3 is 0.500 bits per heavy atom. The Labute approximate surface area is 164 Å². The van der Waals surface area contributed by atoms with Crippen LogP contribution in [-0.4, -0.2) is 30.4 Å². The molecule has 0 aliphatic heterocycles. The smallest absolute Gasteiger partial charge is 0.724 e. The first-order chi connectivity index (χ1) is 7.07. The van der Waals surface area contributed by atoms with Crippen molar-refractivity contribution in [2.75, 3.05) is 0 Å². The summed E-state index contributed by atoms with van der Waals surface area (Å²) in [5, 5.41) is 33.8. The van der Waals surface area contributed by atoms with Gasteiger partial charge in [-0.05, 0) is 30.4 Å². The fraction of sp³-hybridized carbons (Fsp3) is 0. The van der Waals surface area contributed by atoms with E-state index in [0.29, 0.717) is 30.4 Å². The van der Waals surface area contributed by atoms with E-state index in [1.165, 1.54) is 0 Å². The molecule has 13 heteroatoms. The molecule has 0 bridgehead atoms. The van der Waals surface area contributed by atoms with Crippen molar-refractivity contribution in [3.8, 4) is 0 Å². The number of rotatable bonds is 0. The van der Waals surface area contributed by atoms with Crippen LogP contribution in [0.4, 0.5) is 0 Å². The molecule has 0 amide bonds. The predicted octanol–water partition coefficient (Wildman–Crippen LogP) is -3.54. The van der Waals surface area contributed by atoms with Crippen LogP contribution in [0.5, 0.6) is 0 Å². The third-order valence-electron chi connectivity index (χ3n) is 0. The maximum Gasteiger partial charge on any atom is 2.00 e. The van der Waals surface area contributed by atoms with E-state index in [9.17, 15) is 0 Å². The molecule has 93 valence electrons. The van der Waals surface area contributed by atoms with E-state index in [2.05, 4.69) is 0 Å². The van der Waals surface area contributed by atoms with Gasteiger partial charge in [-0.3, -0.25) is 24.0 Å². The standard InChI is InChI=1S/5CNO.Co.Fe.K/c5*2-1-3;;;/q5*-1;2*+2;+1. The summed E-state index contributed by atoms with van der Waals surface area (Å²) >= 11 is 0. The zero-order valence-corrected chi connectivity index (χ0v) is 13.7. The first kappa shape index (κ1) is 52.7. The van der Waals surface area contributed by atoms with E-state index in [1.807, 2.05) is 0 Å². The third kappa shape index (κ3) is 17200. The number of carbonyl (C=O) groups excluding carboxylic acids is 5. The van der Waals surface area contributed by atoms with E-state index in [1.54, 1.807) is 0 Å². The van der Waals surface area contributed by atoms with Crippen molar-refractivity contribution in [2.45, 2.75) is 0 Å². The minimum absolute atomic E-state index is 0. The molecule has 10 nitrogen and oxygen atoms in total. The third-order valence-corrected chi connectivity index (χ3v) is 0. The first-order valence-corrected chi connectivity index (χ1v) is 2.14. The fourth-order valence-electron chi connectivity index (χ4n) is 0. The molecule has 0 atom stereocenters. The van der Waals surface area contributed by atoms with Gasteiger partial charge >= 0.3 is 85.2 Å². The number of nitrogens with zero attached hydrogens (tertiary/aromatic N) is 5. The summed E-state index contributed by atoms with van der Waals surface area (Å²) in [4.78, 5) is 41.2. The Balaban J connectivity index is -0.0000000111. The Bertz CT molecular complexity index is 215. The molecular formula is C5CoFeKN5O5. The SMILES string of the molecule is [Co+2].[Fe+2].[K+].[N-]=C=O.[N-]=C=O.[N-]=C=O.[N-]=C=O.[N-]=C=O. The van der Waals surface area contributed by atoms with Gasteiger partial charge in [-0.25, -0.2) is 0 Å². The van der Waals surface area contributed by atoms with Gasteiger partial charge in [-0.15, -0.1) is 0 Å². The molecule has 1 radical (unpaired) electrons. The van der Waals surface area contributed by atoms with E-state index < -0.39 is 0 Å². The van der Waals surface area contributed by atoms with Crippen molar-refractivity contribution in [1.29, 1.82) is 0 Å². The van der Waals surface area contributed by atoms with Crippen molar-refractivity contribution in [3.05, 3.63) is 27.0 Å². The van der Waals surface area contributed by atoms with Gasteiger partial charge in [-0.1, -0.05) is 0 Å². The second-order valence-corrected chi connectivity index (χ2v) is 0.456. The van der Waals surface area contributed by atoms with E-state index in [-0.39, 0.29) is 85.2 Å². The molecule has 18 heavy (non-hydrogen) atoms. The Hall–Kier alpha value is -0.438. The second-order valence-electron chi connectivity index (χ2n) is 0.456. The quantitative estimate of drug-likeness (QED) is 0.243. The van der Waals surface area contributed by atoms with Gasteiger partial charge in [0.15, 0.2) is 0 Å². The average molecular weight is 364 g/mol. The summed E-state index contributed by atoms with van der Waals surface area (Å²) in [5.74, 6) is 0. The molecule has 0 unspecified atom stereocenters. The van der Waals surface area contributed by atoms with Gasteiger partial charge in [0, 0.05) is 0 Å². The summed E-state index contributed by atoms with van der Waals surface area (Å²) < 4.78 is 0. The molecule has 0 fully saturated rings. The van der Waals surface area contributed by atoms with Crippen molar-refractivity contribution in [1.82, 2.24) is 0 Å². The van der Waals surface area contributed by atoms with E-state index in [0.717, 1.165) is 0 Å². The van der Waals surface area contributed by atoms with Crippen LogP contribution < -0.4 is 51.4 Å². The molecule has 0 aromatic heterocycles. The molecule has 0 saturated heterocycles. The molecule has 0 N–H and O–H groups in total. The van der Waals surface area contributed by atoms with Crippen LogP contribution in [0, 0.1) is 0 Å². The zero-order valence-electron chi connectivity index (χ0n) is 8.46. The van der Waals surface area contributed by atoms with E-state index >= 15 is 0 Å². The second kappa shape index (κ2) is 193. The van der Waals surface area contributed by atoms with Crippen molar-refractivity contribution in [2.24, 2.45) is 0 Å². The van der Waals surface area contributed by atoms with Crippen LogP contribution in [0.1, 0.15) is 0 Å².